The van der Waals surface area contributed by atoms with Gasteiger partial charge in [0.05, 0.1) is 17.6 Å². The molecule has 0 fully saturated rings. The average molecular weight is 420 g/mol. The van der Waals surface area contributed by atoms with Crippen LogP contribution in [0, 0.1) is 0 Å². The Labute approximate surface area is 182 Å². The lowest BCUT2D eigenvalue weighted by Crippen LogP contribution is -2.31. The van der Waals surface area contributed by atoms with Gasteiger partial charge in [-0.15, -0.1) is 0 Å². The van der Waals surface area contributed by atoms with E-state index < -0.39 is 0 Å². The molecule has 0 atom stereocenters. The Balaban J connectivity index is 1.74. The zero-order valence-corrected chi connectivity index (χ0v) is 18.3. The lowest BCUT2D eigenvalue weighted by molar-refractivity contribution is -0.130. The van der Waals surface area contributed by atoms with E-state index in [1.807, 2.05) is 29.8 Å². The van der Waals surface area contributed by atoms with Gasteiger partial charge in [-0.1, -0.05) is 43.9 Å². The smallest absolute Gasteiger partial charge is 0.244 e. The van der Waals surface area contributed by atoms with Crippen molar-refractivity contribution in [3.8, 4) is 0 Å². The number of nitrogens with two attached hydrogens (primary N) is 1. The molecule has 8 nitrogen and oxygen atoms in total. The topological polar surface area (TPSA) is 94.3 Å². The number of allylic oxidation sites excluding steroid dienone is 4. The molecule has 0 radical (unpaired) electrons. The number of hydrogen-bond donors (Lipinski definition) is 1. The summed E-state index contributed by atoms with van der Waals surface area (Å²) >= 11 is 0. The van der Waals surface area contributed by atoms with Crippen LogP contribution in [0.2, 0.25) is 0 Å². The highest BCUT2D eigenvalue weighted by molar-refractivity contribution is 5.76. The van der Waals surface area contributed by atoms with E-state index in [1.165, 1.54) is 0 Å². The molecule has 0 unspecified atom stereocenters. The second-order valence-electron chi connectivity index (χ2n) is 7.32. The number of carbonyl (C=O) groups excluding carboxylic acids is 1. The highest BCUT2D eigenvalue weighted by atomic mass is 16.2. The Morgan fingerprint density at radius 1 is 1.35 bits per heavy atom. The van der Waals surface area contributed by atoms with Gasteiger partial charge in [-0.05, 0) is 18.4 Å². The van der Waals surface area contributed by atoms with Gasteiger partial charge in [-0.2, -0.15) is 5.10 Å². The summed E-state index contributed by atoms with van der Waals surface area (Å²) in [5.74, 6) is 0.324. The predicted molar refractivity (Wildman–Crippen MR) is 123 cm³/mol. The van der Waals surface area contributed by atoms with Crippen LogP contribution in [0.5, 0.6) is 0 Å². The molecule has 0 bridgehead atoms. The predicted octanol–water partition coefficient (Wildman–Crippen LogP) is 2.17. The van der Waals surface area contributed by atoms with Crippen molar-refractivity contribution >= 4 is 17.4 Å². The molecule has 0 aromatic carbocycles. The summed E-state index contributed by atoms with van der Waals surface area (Å²) in [6.45, 7) is 6.89. The fourth-order valence-corrected chi connectivity index (χ4v) is 3.25. The third-order valence-corrected chi connectivity index (χ3v) is 5.02. The molecule has 0 saturated carbocycles. The molecule has 2 aromatic rings. The van der Waals surface area contributed by atoms with Gasteiger partial charge in [0.15, 0.2) is 11.3 Å². The van der Waals surface area contributed by atoms with Crippen LogP contribution in [0.3, 0.4) is 0 Å². The maximum atomic E-state index is 12.7. The lowest BCUT2D eigenvalue weighted by Gasteiger charge is -2.17. The summed E-state index contributed by atoms with van der Waals surface area (Å²) < 4.78 is 3.43. The largest absolute Gasteiger partial charge is 0.381 e. The van der Waals surface area contributed by atoms with Gasteiger partial charge >= 0.3 is 0 Å². The lowest BCUT2D eigenvalue weighted by atomic mass is 10.2. The minimum atomic E-state index is -0.0267. The molecule has 2 heterocycles. The number of likely N-dealkylation sites (N-methyl/N-ethyl adjacent to an activating group) is 1. The van der Waals surface area contributed by atoms with Crippen molar-refractivity contribution in [2.24, 2.45) is 4.99 Å². The number of aryl methyl sites for hydroxylation is 1. The number of carbonyl (C=O) groups is 1. The number of rotatable bonds is 7. The quantitative estimate of drug-likeness (QED) is 0.744. The minimum Gasteiger partial charge on any atom is -0.381 e. The molecule has 0 spiro atoms. The standard InChI is InChI=1S/C23H29N7O/c1-5-20-15-30(23(25-3)22(24)27-20)17(2)19-12-26-29(14-19)16-21(31)28(4)13-18-10-8-6-7-9-11-18/h6,8-12,14-15H,2,5,7,13,16H2,1,3-4H3,(H2,24,27). The van der Waals surface area contributed by atoms with Crippen molar-refractivity contribution in [3.63, 3.8) is 0 Å². The molecule has 1 aliphatic rings. The number of aromatic nitrogens is 4. The van der Waals surface area contributed by atoms with Gasteiger partial charge in [0, 0.05) is 38.6 Å². The second kappa shape index (κ2) is 9.88. The number of amides is 1. The van der Waals surface area contributed by atoms with Gasteiger partial charge in [0.25, 0.3) is 0 Å². The molecule has 2 aromatic heterocycles. The fraction of sp³-hybridized carbons (Fsp3) is 0.304. The van der Waals surface area contributed by atoms with Crippen molar-refractivity contribution in [1.29, 1.82) is 0 Å². The molecule has 162 valence electrons. The summed E-state index contributed by atoms with van der Waals surface area (Å²) in [5.41, 5.74) is 9.97. The normalized spacial score (nSPS) is 13.8. The number of nitrogen functional groups attached to an aromatic ring is 1. The summed E-state index contributed by atoms with van der Waals surface area (Å²) in [4.78, 5) is 23.0. The first-order valence-corrected chi connectivity index (χ1v) is 10.2. The first-order valence-electron chi connectivity index (χ1n) is 10.2. The molecular formula is C23H29N7O. The molecular weight excluding hydrogens is 390 g/mol. The third-order valence-electron chi connectivity index (χ3n) is 5.02. The first-order chi connectivity index (χ1) is 14.9. The highest BCUT2D eigenvalue weighted by Crippen LogP contribution is 2.14. The van der Waals surface area contributed by atoms with E-state index in [1.54, 1.807) is 36.1 Å². The monoisotopic (exact) mass is 419 g/mol. The van der Waals surface area contributed by atoms with E-state index >= 15 is 0 Å². The maximum absolute atomic E-state index is 12.7. The van der Waals surface area contributed by atoms with Crippen LogP contribution < -0.4 is 11.2 Å². The minimum absolute atomic E-state index is 0.0267. The van der Waals surface area contributed by atoms with Crippen LogP contribution in [0.4, 0.5) is 5.82 Å². The van der Waals surface area contributed by atoms with E-state index in [9.17, 15) is 4.79 Å². The van der Waals surface area contributed by atoms with E-state index in [-0.39, 0.29) is 12.5 Å². The first kappa shape index (κ1) is 22.0. The summed E-state index contributed by atoms with van der Waals surface area (Å²) in [6.07, 6.45) is 17.3. The van der Waals surface area contributed by atoms with Crippen molar-refractivity contribution in [2.45, 2.75) is 26.3 Å². The SMILES string of the molecule is C=C(c1cnn(CC(=O)N(C)CC2=CC=CCC=C2)c1)n1cc(CC)nc(N)c1=NC. The maximum Gasteiger partial charge on any atom is 0.244 e. The Morgan fingerprint density at radius 2 is 2.16 bits per heavy atom. The molecule has 8 heteroatoms. The van der Waals surface area contributed by atoms with Crippen LogP contribution in [0.1, 0.15) is 24.6 Å². The van der Waals surface area contributed by atoms with E-state index in [0.717, 1.165) is 29.7 Å². The Morgan fingerprint density at radius 3 is 2.90 bits per heavy atom. The fourth-order valence-electron chi connectivity index (χ4n) is 3.25. The van der Waals surface area contributed by atoms with E-state index in [0.29, 0.717) is 23.5 Å². The summed E-state index contributed by atoms with van der Waals surface area (Å²) in [5, 5.41) is 4.35. The zero-order chi connectivity index (χ0) is 22.4. The molecule has 0 aliphatic heterocycles. The van der Waals surface area contributed by atoms with Crippen molar-refractivity contribution in [2.75, 3.05) is 26.4 Å². The summed E-state index contributed by atoms with van der Waals surface area (Å²) in [7, 11) is 3.46. The van der Waals surface area contributed by atoms with Crippen LogP contribution in [0.25, 0.3) is 5.70 Å². The average Bonchev–Trinajstić information content (AvgIpc) is 3.07. The third kappa shape index (κ3) is 5.28. The Hall–Kier alpha value is -3.68. The molecule has 1 aliphatic carbocycles. The molecule has 31 heavy (non-hydrogen) atoms. The van der Waals surface area contributed by atoms with Gasteiger partial charge in [0.1, 0.15) is 6.54 Å². The van der Waals surface area contributed by atoms with Gasteiger partial charge in [-0.25, -0.2) is 4.98 Å². The number of hydrogen-bond acceptors (Lipinski definition) is 5. The Kier molecular flexibility index (Phi) is 7.02. The zero-order valence-electron chi connectivity index (χ0n) is 18.3. The van der Waals surface area contributed by atoms with Crippen molar-refractivity contribution in [3.05, 3.63) is 77.9 Å². The Bertz CT molecular complexity index is 1130. The highest BCUT2D eigenvalue weighted by Gasteiger charge is 2.14. The molecule has 3 rings (SSSR count). The van der Waals surface area contributed by atoms with Crippen molar-refractivity contribution in [1.82, 2.24) is 24.2 Å². The van der Waals surface area contributed by atoms with Crippen LogP contribution >= 0.6 is 0 Å². The second-order valence-corrected chi connectivity index (χ2v) is 7.32. The molecule has 2 N–H and O–H groups in total. The van der Waals surface area contributed by atoms with Crippen LogP contribution in [-0.4, -0.2) is 50.8 Å². The molecule has 1 amide bonds. The van der Waals surface area contributed by atoms with E-state index in [2.05, 4.69) is 39.9 Å². The molecule has 0 saturated heterocycles. The van der Waals surface area contributed by atoms with Crippen molar-refractivity contribution < 1.29 is 4.79 Å². The van der Waals surface area contributed by atoms with Gasteiger partial charge in [0.2, 0.25) is 5.91 Å². The van der Waals surface area contributed by atoms with Crippen LogP contribution in [0.15, 0.2) is 66.1 Å². The summed E-state index contributed by atoms with van der Waals surface area (Å²) in [6, 6.07) is 0. The number of nitrogens with zero attached hydrogens (tertiary/aromatic N) is 6. The van der Waals surface area contributed by atoms with Crippen LogP contribution in [-0.2, 0) is 17.8 Å². The van der Waals surface area contributed by atoms with E-state index in [4.69, 9.17) is 5.73 Å². The van der Waals surface area contributed by atoms with Gasteiger partial charge < -0.3 is 10.6 Å². The number of anilines is 1. The van der Waals surface area contributed by atoms with Gasteiger partial charge in [-0.3, -0.25) is 19.0 Å².